The molecule has 0 spiro atoms. The molecule has 2 N–H and O–H groups in total. The monoisotopic (exact) mass is 295 g/mol. The number of hydrogen-bond acceptors (Lipinski definition) is 2. The van der Waals surface area contributed by atoms with Gasteiger partial charge < -0.3 is 10.5 Å². The fourth-order valence-corrected chi connectivity index (χ4v) is 1.94. The van der Waals surface area contributed by atoms with Crippen LogP contribution in [-0.4, -0.2) is 6.61 Å². The number of hydrogen-bond donors (Lipinski definition) is 1. The normalized spacial score (nSPS) is 12.2. The third kappa shape index (κ3) is 3.55. The van der Waals surface area contributed by atoms with Crippen LogP contribution in [0, 0.1) is 17.5 Å². The van der Waals surface area contributed by atoms with Crippen LogP contribution in [0.25, 0.3) is 0 Å². The molecule has 0 radical (unpaired) electrons. The average Bonchev–Trinajstić information content (AvgIpc) is 2.50. The van der Waals surface area contributed by atoms with Crippen LogP contribution >= 0.6 is 0 Å². The van der Waals surface area contributed by atoms with E-state index in [1.54, 1.807) is 24.3 Å². The molecule has 2 nitrogen and oxygen atoms in total. The topological polar surface area (TPSA) is 35.2 Å². The molecule has 2 aromatic carbocycles. The van der Waals surface area contributed by atoms with Gasteiger partial charge in [0, 0.05) is 0 Å². The molecule has 0 heterocycles. The summed E-state index contributed by atoms with van der Waals surface area (Å²) < 4.78 is 44.8. The molecule has 21 heavy (non-hydrogen) atoms. The molecule has 1 atom stereocenters. The lowest BCUT2D eigenvalue weighted by Gasteiger charge is -2.14. The Balaban J connectivity index is 2.21. The van der Waals surface area contributed by atoms with E-state index in [4.69, 9.17) is 10.5 Å². The zero-order valence-electron chi connectivity index (χ0n) is 11.6. The zero-order valence-corrected chi connectivity index (χ0v) is 11.6. The second kappa shape index (κ2) is 6.63. The number of nitrogens with two attached hydrogens (primary N) is 1. The summed E-state index contributed by atoms with van der Waals surface area (Å²) in [5, 5.41) is 0. The number of ether oxygens (including phenoxy) is 1. The van der Waals surface area contributed by atoms with E-state index in [1.807, 2.05) is 6.92 Å². The lowest BCUT2D eigenvalue weighted by atomic mass is 9.99. The first-order valence-corrected chi connectivity index (χ1v) is 6.65. The maximum Gasteiger partial charge on any atom is 0.194 e. The van der Waals surface area contributed by atoms with Crippen molar-refractivity contribution in [1.29, 1.82) is 0 Å². The quantitative estimate of drug-likeness (QED) is 0.848. The highest BCUT2D eigenvalue weighted by molar-refractivity contribution is 5.35. The molecule has 0 aromatic heterocycles. The van der Waals surface area contributed by atoms with Crippen LogP contribution in [0.3, 0.4) is 0 Å². The molecular weight excluding hydrogens is 279 g/mol. The maximum absolute atomic E-state index is 13.2. The SMILES string of the molecule is CCCOc1ccc(C(N)c2cc(F)c(F)c(F)c2)cc1. The van der Waals surface area contributed by atoms with Gasteiger partial charge >= 0.3 is 0 Å². The molecule has 0 amide bonds. The zero-order chi connectivity index (χ0) is 15.4. The van der Waals surface area contributed by atoms with Gasteiger partial charge in [0.2, 0.25) is 0 Å². The first kappa shape index (κ1) is 15.4. The summed E-state index contributed by atoms with van der Waals surface area (Å²) in [6.07, 6.45) is 0.898. The minimum absolute atomic E-state index is 0.175. The molecule has 0 aliphatic carbocycles. The summed E-state index contributed by atoms with van der Waals surface area (Å²) in [6.45, 7) is 2.61. The summed E-state index contributed by atoms with van der Waals surface area (Å²) >= 11 is 0. The van der Waals surface area contributed by atoms with Crippen molar-refractivity contribution in [3.8, 4) is 5.75 Å². The van der Waals surface area contributed by atoms with E-state index in [-0.39, 0.29) is 5.56 Å². The molecule has 2 aromatic rings. The van der Waals surface area contributed by atoms with Crippen LogP contribution < -0.4 is 10.5 Å². The highest BCUT2D eigenvalue weighted by Gasteiger charge is 2.16. The minimum Gasteiger partial charge on any atom is -0.494 e. The molecule has 2 rings (SSSR count). The summed E-state index contributed by atoms with van der Waals surface area (Å²) in [4.78, 5) is 0. The summed E-state index contributed by atoms with van der Waals surface area (Å²) in [5.41, 5.74) is 6.79. The Labute approximate surface area is 121 Å². The van der Waals surface area contributed by atoms with Crippen LogP contribution in [0.1, 0.15) is 30.5 Å². The van der Waals surface area contributed by atoms with Gasteiger partial charge in [-0.1, -0.05) is 19.1 Å². The highest BCUT2D eigenvalue weighted by atomic mass is 19.2. The van der Waals surface area contributed by atoms with Crippen LogP contribution in [0.4, 0.5) is 13.2 Å². The van der Waals surface area contributed by atoms with Crippen molar-refractivity contribution in [1.82, 2.24) is 0 Å². The van der Waals surface area contributed by atoms with E-state index < -0.39 is 23.5 Å². The molecule has 112 valence electrons. The average molecular weight is 295 g/mol. The molecule has 0 bridgehead atoms. The van der Waals surface area contributed by atoms with Gasteiger partial charge in [-0.15, -0.1) is 0 Å². The van der Waals surface area contributed by atoms with Gasteiger partial charge in [-0.05, 0) is 41.8 Å². The van der Waals surface area contributed by atoms with Crippen molar-refractivity contribution in [2.75, 3.05) is 6.61 Å². The standard InChI is InChI=1S/C16H16F3NO/c1-2-7-21-12-5-3-10(4-6-12)16(20)11-8-13(17)15(19)14(18)9-11/h3-6,8-9,16H,2,7,20H2,1H3. The van der Waals surface area contributed by atoms with E-state index in [9.17, 15) is 13.2 Å². The Morgan fingerprint density at radius 2 is 1.57 bits per heavy atom. The van der Waals surface area contributed by atoms with E-state index in [0.29, 0.717) is 17.9 Å². The van der Waals surface area contributed by atoms with Crippen LogP contribution in [-0.2, 0) is 0 Å². The van der Waals surface area contributed by atoms with Crippen molar-refractivity contribution >= 4 is 0 Å². The van der Waals surface area contributed by atoms with Gasteiger partial charge in [-0.3, -0.25) is 0 Å². The third-order valence-corrected chi connectivity index (χ3v) is 3.08. The van der Waals surface area contributed by atoms with Crippen molar-refractivity contribution in [3.63, 3.8) is 0 Å². The van der Waals surface area contributed by atoms with Gasteiger partial charge in [0.15, 0.2) is 17.5 Å². The predicted octanol–water partition coefficient (Wildman–Crippen LogP) is 3.94. The third-order valence-electron chi connectivity index (χ3n) is 3.08. The van der Waals surface area contributed by atoms with Gasteiger partial charge in [0.25, 0.3) is 0 Å². The first-order chi connectivity index (χ1) is 10.0. The Morgan fingerprint density at radius 1 is 1.00 bits per heavy atom. The molecule has 0 fully saturated rings. The Kier molecular flexibility index (Phi) is 4.85. The second-order valence-corrected chi connectivity index (χ2v) is 4.69. The molecule has 0 aliphatic heterocycles. The van der Waals surface area contributed by atoms with Gasteiger partial charge in [-0.25, -0.2) is 13.2 Å². The van der Waals surface area contributed by atoms with Gasteiger partial charge in [-0.2, -0.15) is 0 Å². The van der Waals surface area contributed by atoms with Gasteiger partial charge in [0.05, 0.1) is 12.6 Å². The molecule has 5 heteroatoms. The largest absolute Gasteiger partial charge is 0.494 e. The smallest absolute Gasteiger partial charge is 0.194 e. The minimum atomic E-state index is -1.49. The lowest BCUT2D eigenvalue weighted by Crippen LogP contribution is -2.13. The lowest BCUT2D eigenvalue weighted by molar-refractivity contribution is 0.317. The van der Waals surface area contributed by atoms with Crippen molar-refractivity contribution < 1.29 is 17.9 Å². The summed E-state index contributed by atoms with van der Waals surface area (Å²) in [7, 11) is 0. The molecule has 0 aliphatic rings. The number of benzene rings is 2. The Bertz CT molecular complexity index is 590. The van der Waals surface area contributed by atoms with Gasteiger partial charge in [0.1, 0.15) is 5.75 Å². The predicted molar refractivity (Wildman–Crippen MR) is 74.6 cm³/mol. The first-order valence-electron chi connectivity index (χ1n) is 6.65. The maximum atomic E-state index is 13.2. The molecule has 1 unspecified atom stereocenters. The fourth-order valence-electron chi connectivity index (χ4n) is 1.94. The van der Waals surface area contributed by atoms with E-state index >= 15 is 0 Å². The fraction of sp³-hybridized carbons (Fsp3) is 0.250. The number of halogens is 3. The van der Waals surface area contributed by atoms with E-state index in [2.05, 4.69) is 0 Å². The van der Waals surface area contributed by atoms with E-state index in [0.717, 1.165) is 18.6 Å². The second-order valence-electron chi connectivity index (χ2n) is 4.69. The van der Waals surface area contributed by atoms with Crippen molar-refractivity contribution in [2.45, 2.75) is 19.4 Å². The highest BCUT2D eigenvalue weighted by Crippen LogP contribution is 2.24. The van der Waals surface area contributed by atoms with Crippen LogP contribution in [0.2, 0.25) is 0 Å². The summed E-state index contributed by atoms with van der Waals surface area (Å²) in [6, 6.07) is 7.98. The molecule has 0 saturated heterocycles. The van der Waals surface area contributed by atoms with Crippen molar-refractivity contribution in [3.05, 3.63) is 65.0 Å². The van der Waals surface area contributed by atoms with Crippen molar-refractivity contribution in [2.24, 2.45) is 5.73 Å². The molecule has 0 saturated carbocycles. The Hall–Kier alpha value is -2.01. The van der Waals surface area contributed by atoms with Crippen LogP contribution in [0.15, 0.2) is 36.4 Å². The van der Waals surface area contributed by atoms with Crippen LogP contribution in [0.5, 0.6) is 5.75 Å². The summed E-state index contributed by atoms with van der Waals surface area (Å²) in [5.74, 6) is -3.29. The number of rotatable bonds is 5. The van der Waals surface area contributed by atoms with E-state index in [1.165, 1.54) is 0 Å². The molecular formula is C16H16F3NO. The Morgan fingerprint density at radius 3 is 2.10 bits per heavy atom.